The summed E-state index contributed by atoms with van der Waals surface area (Å²) in [7, 11) is 0. The van der Waals surface area contributed by atoms with E-state index in [2.05, 4.69) is 39.9 Å². The number of allylic oxidation sites excluding steroid dienone is 2. The molecule has 0 aromatic rings. The fourth-order valence-electron chi connectivity index (χ4n) is 1.43. The second kappa shape index (κ2) is 3.00. The van der Waals surface area contributed by atoms with E-state index in [9.17, 15) is 0 Å². The molecule has 0 aromatic carbocycles. The molecule has 0 saturated heterocycles. The van der Waals surface area contributed by atoms with E-state index >= 15 is 0 Å². The van der Waals surface area contributed by atoms with Gasteiger partial charge in [-0.25, -0.2) is 0 Å². The standard InChI is InChI=1S/C10H19NO/c1-7(2)8-9(10(3,4)5)12-6-11-8/h7,11H,6H2,1-5H3. The molecule has 0 unspecified atom stereocenters. The molecule has 2 nitrogen and oxygen atoms in total. The molecule has 1 N–H and O–H groups in total. The number of hydrogen-bond donors (Lipinski definition) is 1. The molecule has 0 radical (unpaired) electrons. The van der Waals surface area contributed by atoms with Crippen LogP contribution >= 0.6 is 0 Å². The SMILES string of the molecule is CC(C)C1=C(C(C)(C)C)OCN1. The van der Waals surface area contributed by atoms with Crippen LogP contribution in [0.4, 0.5) is 0 Å². The first-order chi connectivity index (χ1) is 5.43. The van der Waals surface area contributed by atoms with Crippen molar-refractivity contribution in [2.24, 2.45) is 11.3 Å². The molecule has 0 aromatic heterocycles. The normalized spacial score (nSPS) is 18.2. The predicted octanol–water partition coefficient (Wildman–Crippen LogP) is 2.48. The third-order valence-electron chi connectivity index (χ3n) is 1.98. The molecule has 1 aliphatic rings. The van der Waals surface area contributed by atoms with E-state index in [1.807, 2.05) is 0 Å². The van der Waals surface area contributed by atoms with Crippen molar-refractivity contribution < 1.29 is 4.74 Å². The van der Waals surface area contributed by atoms with Gasteiger partial charge in [-0.1, -0.05) is 34.6 Å². The Morgan fingerprint density at radius 3 is 2.25 bits per heavy atom. The van der Waals surface area contributed by atoms with Gasteiger partial charge in [-0.2, -0.15) is 0 Å². The molecule has 0 atom stereocenters. The van der Waals surface area contributed by atoms with Gasteiger partial charge in [0.15, 0.2) is 6.73 Å². The highest BCUT2D eigenvalue weighted by molar-refractivity contribution is 5.17. The molecular formula is C10H19NO. The Balaban J connectivity index is 2.92. The third kappa shape index (κ3) is 1.74. The van der Waals surface area contributed by atoms with Crippen LogP contribution in [0.15, 0.2) is 11.5 Å². The minimum atomic E-state index is 0.128. The highest BCUT2D eigenvalue weighted by Gasteiger charge is 2.28. The Labute approximate surface area is 75.0 Å². The molecule has 0 aliphatic carbocycles. The van der Waals surface area contributed by atoms with E-state index < -0.39 is 0 Å². The molecule has 0 bridgehead atoms. The average molecular weight is 169 g/mol. The van der Waals surface area contributed by atoms with Crippen molar-refractivity contribution in [1.82, 2.24) is 5.32 Å². The van der Waals surface area contributed by atoms with E-state index in [-0.39, 0.29) is 5.41 Å². The van der Waals surface area contributed by atoms with Gasteiger partial charge in [-0.05, 0) is 5.92 Å². The quantitative estimate of drug-likeness (QED) is 0.651. The van der Waals surface area contributed by atoms with Crippen LogP contribution in [0.25, 0.3) is 0 Å². The largest absolute Gasteiger partial charge is 0.475 e. The lowest BCUT2D eigenvalue weighted by molar-refractivity contribution is 0.172. The van der Waals surface area contributed by atoms with Gasteiger partial charge in [0.05, 0.1) is 5.70 Å². The van der Waals surface area contributed by atoms with Gasteiger partial charge in [0.1, 0.15) is 5.76 Å². The van der Waals surface area contributed by atoms with Gasteiger partial charge in [-0.3, -0.25) is 0 Å². The zero-order valence-corrected chi connectivity index (χ0v) is 8.69. The molecule has 1 aliphatic heterocycles. The topological polar surface area (TPSA) is 21.3 Å². The molecule has 2 heteroatoms. The highest BCUT2D eigenvalue weighted by atomic mass is 16.5. The Hall–Kier alpha value is -0.660. The van der Waals surface area contributed by atoms with Crippen LogP contribution in [0, 0.1) is 11.3 Å². The summed E-state index contributed by atoms with van der Waals surface area (Å²) in [5, 5.41) is 3.27. The monoisotopic (exact) mass is 169 g/mol. The summed E-state index contributed by atoms with van der Waals surface area (Å²) < 4.78 is 5.56. The van der Waals surface area contributed by atoms with Crippen LogP contribution in [0.1, 0.15) is 34.6 Å². The van der Waals surface area contributed by atoms with Crippen LogP contribution in [-0.4, -0.2) is 6.73 Å². The maximum absolute atomic E-state index is 5.56. The first-order valence-electron chi connectivity index (χ1n) is 4.54. The van der Waals surface area contributed by atoms with Crippen molar-refractivity contribution >= 4 is 0 Å². The van der Waals surface area contributed by atoms with Crippen molar-refractivity contribution in [2.75, 3.05) is 6.73 Å². The lowest BCUT2D eigenvalue weighted by atomic mass is 9.90. The van der Waals surface area contributed by atoms with Gasteiger partial charge >= 0.3 is 0 Å². The van der Waals surface area contributed by atoms with Crippen LogP contribution < -0.4 is 5.32 Å². The third-order valence-corrected chi connectivity index (χ3v) is 1.98. The second-order valence-corrected chi connectivity index (χ2v) is 4.61. The van der Waals surface area contributed by atoms with Gasteiger partial charge < -0.3 is 10.1 Å². The van der Waals surface area contributed by atoms with E-state index in [1.165, 1.54) is 5.70 Å². The first kappa shape index (κ1) is 9.43. The van der Waals surface area contributed by atoms with Gasteiger partial charge in [-0.15, -0.1) is 0 Å². The van der Waals surface area contributed by atoms with Crippen LogP contribution in [0.5, 0.6) is 0 Å². The number of hydrogen-bond acceptors (Lipinski definition) is 2. The number of rotatable bonds is 1. The molecule has 1 rings (SSSR count). The van der Waals surface area contributed by atoms with Crippen molar-refractivity contribution in [3.8, 4) is 0 Å². The summed E-state index contributed by atoms with van der Waals surface area (Å²) in [6.45, 7) is 11.5. The summed E-state index contributed by atoms with van der Waals surface area (Å²) in [6, 6.07) is 0. The summed E-state index contributed by atoms with van der Waals surface area (Å²) in [5.74, 6) is 1.65. The van der Waals surface area contributed by atoms with E-state index in [4.69, 9.17) is 4.74 Å². The summed E-state index contributed by atoms with van der Waals surface area (Å²) in [4.78, 5) is 0. The molecule has 1 heterocycles. The van der Waals surface area contributed by atoms with Crippen molar-refractivity contribution in [3.63, 3.8) is 0 Å². The Morgan fingerprint density at radius 1 is 1.33 bits per heavy atom. The Bertz CT molecular complexity index is 198. The zero-order valence-electron chi connectivity index (χ0n) is 8.69. The minimum absolute atomic E-state index is 0.128. The maximum Gasteiger partial charge on any atom is 0.158 e. The molecule has 70 valence electrons. The zero-order chi connectivity index (χ0) is 9.35. The van der Waals surface area contributed by atoms with Crippen LogP contribution in [0.3, 0.4) is 0 Å². The fourth-order valence-corrected chi connectivity index (χ4v) is 1.43. The summed E-state index contributed by atoms with van der Waals surface area (Å²) in [6.07, 6.45) is 0. The van der Waals surface area contributed by atoms with Crippen LogP contribution in [0.2, 0.25) is 0 Å². The lowest BCUT2D eigenvalue weighted by Crippen LogP contribution is -2.15. The van der Waals surface area contributed by atoms with E-state index in [0.717, 1.165) is 5.76 Å². The van der Waals surface area contributed by atoms with Gasteiger partial charge in [0.2, 0.25) is 0 Å². The van der Waals surface area contributed by atoms with Crippen molar-refractivity contribution in [2.45, 2.75) is 34.6 Å². The second-order valence-electron chi connectivity index (χ2n) is 4.61. The molecule has 12 heavy (non-hydrogen) atoms. The van der Waals surface area contributed by atoms with E-state index in [1.54, 1.807) is 0 Å². The number of ether oxygens (including phenoxy) is 1. The number of nitrogens with one attached hydrogen (secondary N) is 1. The van der Waals surface area contributed by atoms with Gasteiger partial charge in [0.25, 0.3) is 0 Å². The van der Waals surface area contributed by atoms with Crippen molar-refractivity contribution in [3.05, 3.63) is 11.5 Å². The predicted molar refractivity (Wildman–Crippen MR) is 50.4 cm³/mol. The summed E-state index contributed by atoms with van der Waals surface area (Å²) in [5.41, 5.74) is 1.39. The average Bonchev–Trinajstić information content (AvgIpc) is 2.30. The maximum atomic E-state index is 5.56. The lowest BCUT2D eigenvalue weighted by Gasteiger charge is -2.21. The molecule has 0 fully saturated rings. The first-order valence-corrected chi connectivity index (χ1v) is 4.54. The molecule has 0 spiro atoms. The minimum Gasteiger partial charge on any atom is -0.475 e. The van der Waals surface area contributed by atoms with Crippen molar-refractivity contribution in [1.29, 1.82) is 0 Å². The highest BCUT2D eigenvalue weighted by Crippen LogP contribution is 2.33. The Kier molecular flexibility index (Phi) is 2.36. The Morgan fingerprint density at radius 2 is 1.92 bits per heavy atom. The fraction of sp³-hybridized carbons (Fsp3) is 0.800. The van der Waals surface area contributed by atoms with E-state index in [0.29, 0.717) is 12.6 Å². The molecular weight excluding hydrogens is 150 g/mol. The smallest absolute Gasteiger partial charge is 0.158 e. The van der Waals surface area contributed by atoms with Crippen LogP contribution in [-0.2, 0) is 4.74 Å². The summed E-state index contributed by atoms with van der Waals surface area (Å²) >= 11 is 0. The molecule has 0 amide bonds. The van der Waals surface area contributed by atoms with Gasteiger partial charge in [0, 0.05) is 5.41 Å². The molecule has 0 saturated carbocycles.